The summed E-state index contributed by atoms with van der Waals surface area (Å²) in [7, 11) is 0. The van der Waals surface area contributed by atoms with Gasteiger partial charge in [0.05, 0.1) is 19.2 Å². The topological polar surface area (TPSA) is 147 Å². The molecule has 0 aliphatic heterocycles. The minimum atomic E-state index is -1.44. The van der Waals surface area contributed by atoms with Crippen molar-refractivity contribution in [2.75, 3.05) is 13.2 Å². The van der Waals surface area contributed by atoms with E-state index in [1.54, 1.807) is 0 Å². The van der Waals surface area contributed by atoms with Crippen LogP contribution in [0.25, 0.3) is 0 Å². The molecule has 0 saturated heterocycles. The van der Waals surface area contributed by atoms with Crippen LogP contribution in [0, 0.1) is 0 Å². The molecule has 0 amide bonds. The minimum Gasteiger partial charge on any atom is -0.550 e. The molecule has 0 bridgehead atoms. The van der Waals surface area contributed by atoms with E-state index in [1.807, 2.05) is 0 Å². The number of hydrogen-bond donors (Lipinski definition) is 3. The molecule has 0 saturated carbocycles. The molecule has 84 valence electrons. The van der Waals surface area contributed by atoms with Crippen LogP contribution >= 0.6 is 0 Å². The molecule has 0 aliphatic carbocycles. The van der Waals surface area contributed by atoms with Gasteiger partial charge >= 0.3 is 59.1 Å². The van der Waals surface area contributed by atoms with Gasteiger partial charge in [0.25, 0.3) is 0 Å². The van der Waals surface area contributed by atoms with Gasteiger partial charge in [-0.3, -0.25) is 0 Å². The average molecular weight is 253 g/mol. The van der Waals surface area contributed by atoms with Crippen molar-refractivity contribution < 1.29 is 89.1 Å². The van der Waals surface area contributed by atoms with Gasteiger partial charge in [-0.25, -0.2) is 0 Å². The summed E-state index contributed by atoms with van der Waals surface area (Å²) in [5.41, 5.74) is 4.91. The fraction of sp³-hybridized carbons (Fsp3) is 0.714. The zero-order valence-corrected chi connectivity index (χ0v) is 13.5. The van der Waals surface area contributed by atoms with Gasteiger partial charge in [0.2, 0.25) is 0 Å². The maximum Gasteiger partial charge on any atom is 1.00 e. The van der Waals surface area contributed by atoms with Crippen molar-refractivity contribution in [3.8, 4) is 0 Å². The van der Waals surface area contributed by atoms with Gasteiger partial charge in [0.1, 0.15) is 0 Å². The van der Waals surface area contributed by atoms with E-state index in [0.29, 0.717) is 0 Å². The van der Waals surface area contributed by atoms with Crippen molar-refractivity contribution in [3.63, 3.8) is 0 Å². The Bertz CT molecular complexity index is 178. The van der Waals surface area contributed by atoms with Crippen LogP contribution in [-0.2, 0) is 9.59 Å². The van der Waals surface area contributed by atoms with E-state index in [4.69, 9.17) is 15.9 Å². The van der Waals surface area contributed by atoms with Crippen molar-refractivity contribution in [3.05, 3.63) is 0 Å². The molecule has 0 heterocycles. The van der Waals surface area contributed by atoms with Crippen LogP contribution in [0.15, 0.2) is 0 Å². The number of hydrogen-bond acceptors (Lipinski definition) is 7. The van der Waals surface area contributed by atoms with Gasteiger partial charge in [0.15, 0.2) is 0 Å². The molecule has 0 aromatic rings. The number of aliphatic hydroxyl groups excluding tert-OH is 2. The zero-order chi connectivity index (χ0) is 11.6. The van der Waals surface area contributed by atoms with Crippen molar-refractivity contribution >= 4 is 11.9 Å². The van der Waals surface area contributed by atoms with Crippen LogP contribution in [0.5, 0.6) is 0 Å². The predicted molar refractivity (Wildman–Crippen MR) is 41.4 cm³/mol. The second-order valence-corrected chi connectivity index (χ2v) is 2.28. The monoisotopic (exact) mass is 253 g/mol. The second-order valence-electron chi connectivity index (χ2n) is 2.28. The first kappa shape index (κ1) is 25.6. The summed E-state index contributed by atoms with van der Waals surface area (Å²) in [6.07, 6.45) is -0.500. The predicted octanol–water partition coefficient (Wildman–Crippen LogP) is -10.4. The molecule has 0 rings (SSSR count). The Labute approximate surface area is 138 Å². The maximum absolute atomic E-state index is 9.86. The molecule has 0 radical (unpaired) electrons. The Kier molecular flexibility index (Phi) is 29.1. The summed E-state index contributed by atoms with van der Waals surface area (Å²) < 4.78 is 0. The first-order valence-electron chi connectivity index (χ1n) is 3.83. The summed E-state index contributed by atoms with van der Waals surface area (Å²) in [6.45, 7) is -0.250. The van der Waals surface area contributed by atoms with Crippen LogP contribution in [0.4, 0.5) is 0 Å². The summed E-state index contributed by atoms with van der Waals surface area (Å²) in [4.78, 5) is 19.6. The third-order valence-electron chi connectivity index (χ3n) is 1.06. The van der Waals surface area contributed by atoms with Crippen LogP contribution in [-0.4, -0.2) is 41.4 Å². The molecule has 1 unspecified atom stereocenters. The Hall–Kier alpha value is 0.820. The van der Waals surface area contributed by atoms with Gasteiger partial charge < -0.3 is 35.7 Å². The first-order valence-corrected chi connectivity index (χ1v) is 3.83. The third kappa shape index (κ3) is 24.2. The summed E-state index contributed by atoms with van der Waals surface area (Å²) in [5.74, 6) is -2.75. The zero-order valence-electron chi connectivity index (χ0n) is 9.51. The van der Waals surface area contributed by atoms with Crippen LogP contribution < -0.4 is 75.1 Å². The number of nitrogens with two attached hydrogens (primary N) is 1. The van der Waals surface area contributed by atoms with Gasteiger partial charge in [0, 0.05) is 12.0 Å². The maximum atomic E-state index is 9.86. The quantitative estimate of drug-likeness (QED) is 0.412. The normalized spacial score (nSPS) is 9.69. The first-order chi connectivity index (χ1) is 6.45. The number of carbonyl (C=O) groups is 2. The molecule has 9 heteroatoms. The fourth-order valence-electron chi connectivity index (χ4n) is 0.391. The van der Waals surface area contributed by atoms with E-state index in [2.05, 4.69) is 0 Å². The fourth-order valence-corrected chi connectivity index (χ4v) is 0.391. The summed E-state index contributed by atoms with van der Waals surface area (Å²) in [6, 6.07) is -1.21. The van der Waals surface area contributed by atoms with Crippen LogP contribution in [0.2, 0.25) is 0 Å². The van der Waals surface area contributed by atoms with Gasteiger partial charge in [-0.05, 0) is 12.8 Å². The van der Waals surface area contributed by atoms with E-state index in [1.165, 1.54) is 0 Å². The number of carboxylic acids is 2. The Balaban J connectivity index is -0.000000105. The molecule has 1 atom stereocenters. The van der Waals surface area contributed by atoms with Crippen molar-refractivity contribution in [1.29, 1.82) is 0 Å². The van der Waals surface area contributed by atoms with E-state index in [9.17, 15) is 19.8 Å². The van der Waals surface area contributed by atoms with E-state index in [-0.39, 0.29) is 85.2 Å². The van der Waals surface area contributed by atoms with Gasteiger partial charge in [-0.2, -0.15) is 0 Å². The molecule has 0 spiro atoms. The smallest absolute Gasteiger partial charge is 0.550 e. The Morgan fingerprint density at radius 2 is 1.50 bits per heavy atom. The number of aliphatic hydroxyl groups is 2. The molecule has 0 aromatic heterocycles. The van der Waals surface area contributed by atoms with Crippen LogP contribution in [0.3, 0.4) is 0 Å². The summed E-state index contributed by atoms with van der Waals surface area (Å²) in [5, 5.41) is 34.9. The van der Waals surface area contributed by atoms with Gasteiger partial charge in [-0.1, -0.05) is 0 Å². The van der Waals surface area contributed by atoms with E-state index >= 15 is 0 Å². The van der Waals surface area contributed by atoms with E-state index in [0.717, 1.165) is 0 Å². The molecule has 0 aliphatic rings. The van der Waals surface area contributed by atoms with E-state index < -0.39 is 18.0 Å². The Morgan fingerprint density at radius 3 is 1.69 bits per heavy atom. The number of carbonyl (C=O) groups excluding carboxylic acids is 2. The van der Waals surface area contributed by atoms with Gasteiger partial charge in [-0.15, -0.1) is 0 Å². The number of rotatable bonds is 5. The second kappa shape index (κ2) is 18.2. The molecule has 7 nitrogen and oxygen atoms in total. The third-order valence-corrected chi connectivity index (χ3v) is 1.06. The van der Waals surface area contributed by atoms with Crippen molar-refractivity contribution in [1.82, 2.24) is 0 Å². The minimum absolute atomic E-state index is 0. The van der Waals surface area contributed by atoms with Crippen molar-refractivity contribution in [2.24, 2.45) is 5.73 Å². The van der Waals surface area contributed by atoms with Crippen LogP contribution in [0.1, 0.15) is 12.8 Å². The average Bonchev–Trinajstić information content (AvgIpc) is 2.14. The molecular formula is C7H13NNa2O6. The molecule has 0 aromatic carbocycles. The van der Waals surface area contributed by atoms with Crippen molar-refractivity contribution in [2.45, 2.75) is 18.9 Å². The standard InChI is InChI=1S/C5H9NO4.C2H6O2.2Na/c6-3(5(9)10)1-2-4(7)8;3-1-2-4;;/h3H,1-2,6H2,(H,7,8)(H,9,10);3-4H,1-2H2;;/q;;2*+1/p-2. The number of carboxylic acid groups (broad SMARTS) is 2. The SMILES string of the molecule is NC(CCC(=O)[O-])C(=O)[O-].OCCO.[Na+].[Na+]. The molecule has 16 heavy (non-hydrogen) atoms. The molecular weight excluding hydrogens is 240 g/mol. The summed E-state index contributed by atoms with van der Waals surface area (Å²) >= 11 is 0. The largest absolute Gasteiger partial charge is 1.00 e. The molecule has 0 fully saturated rings. The number of aliphatic carboxylic acids is 2. The molecule has 4 N–H and O–H groups in total. The Morgan fingerprint density at radius 1 is 1.12 bits per heavy atom.